The van der Waals surface area contributed by atoms with Crippen molar-refractivity contribution >= 4 is 61.8 Å². The standard InChI is InChI=1S/C10H14N4.C10H13N3O.C9H13N5.C9H12N4O.C9H14N2O2.C8H13N3O.C8H12N2O2/c1-10(2,3)14-5-4-7-8(11)12-6-13-9(7)14;1-6(2)13-5-4-8-9(13)11-7(3)12-10(8)14;1-9(2,3)14-5-13-6-7(10)11-4-12-8(6)14;1-5(2)13-4-10-7-8(13)11-6(3)12-9(7)14;1-6-5-11(9(2,3)4)8(13)10-7(6)12;1-8(2,3)11-5-4-6(9)10-7(11)12;1-8(2,3)10-5-4-6(11)9-7(10)12/h4-6H,1-3H3,(H2,11,12,13);4-6H,1-3H3,(H,11,12,14);4-5H,1-3H3,(H2,10,11,12);4-5H,1-3H3,(H,11,12,14);5H,1-4H3,(H,10,12,13);4-5H,1-3H3,(H2,9,10,12);4-5H,1-3H3,(H,9,11,12). The molecule has 11 heterocycles. The Hall–Kier alpha value is -10.4. The lowest BCUT2D eigenvalue weighted by Crippen LogP contribution is -2.39. The molecule has 11 aromatic rings. The van der Waals surface area contributed by atoms with Gasteiger partial charge in [0.1, 0.15) is 52.8 Å². The van der Waals surface area contributed by atoms with Crippen molar-refractivity contribution in [3.63, 3.8) is 0 Å². The fraction of sp³-hybridized carbons (Fsp3) is 0.460. The summed E-state index contributed by atoms with van der Waals surface area (Å²) in [7, 11) is 0. The van der Waals surface area contributed by atoms with Crippen LogP contribution in [0.4, 0.5) is 17.5 Å². The van der Waals surface area contributed by atoms with Gasteiger partial charge in [-0.1, -0.05) is 0 Å². The second kappa shape index (κ2) is 28.8. The number of nitrogens with one attached hydrogen (secondary N) is 4. The minimum Gasteiger partial charge on any atom is -0.383 e. The number of H-pyrrole nitrogens is 4. The van der Waals surface area contributed by atoms with Crippen LogP contribution in [0.2, 0.25) is 0 Å². The lowest BCUT2D eigenvalue weighted by Gasteiger charge is -2.21. The van der Waals surface area contributed by atoms with Crippen LogP contribution in [0.15, 0.2) is 114 Å². The van der Waals surface area contributed by atoms with Crippen molar-refractivity contribution in [3.05, 3.63) is 171 Å². The molecule has 0 aliphatic carbocycles. The van der Waals surface area contributed by atoms with Gasteiger partial charge in [0.15, 0.2) is 22.6 Å². The van der Waals surface area contributed by atoms with Crippen molar-refractivity contribution in [3.8, 4) is 0 Å². The van der Waals surface area contributed by atoms with Crippen molar-refractivity contribution in [2.24, 2.45) is 0 Å². The molecule has 0 fully saturated rings. The quantitative estimate of drug-likeness (QED) is 0.0913. The molecule has 11 rings (SSSR count). The normalized spacial score (nSPS) is 11.7. The highest BCUT2D eigenvalue weighted by atomic mass is 16.2. The second-order valence-corrected chi connectivity index (χ2v) is 27.3. The molecule has 0 saturated heterocycles. The van der Waals surface area contributed by atoms with E-state index < -0.39 is 0 Å². The highest BCUT2D eigenvalue weighted by molar-refractivity contribution is 5.86. The van der Waals surface area contributed by atoms with Crippen LogP contribution in [0.5, 0.6) is 0 Å². The zero-order chi connectivity index (χ0) is 70.2. The molecule has 0 aliphatic rings. The predicted octanol–water partition coefficient (Wildman–Crippen LogP) is 7.03. The molecule has 30 heteroatoms. The number of aromatic nitrogens is 20. The SMILES string of the molecule is CC(C)(C)n1ccc(=O)[nH]c1=O.CC(C)(C)n1ccc(N)nc1=O.CC(C)(C)n1ccc2c(N)ncnc21.CC(C)(C)n1cnc2c(N)ncnc21.Cc1cn(C(C)(C)C)c(=O)[nH]c1=O.Cc1nc2c(ccn2C(C)C)c(=O)[nH]1.Cc1nc2c(ncn2C(C)C)c(=O)[nH]1. The van der Waals surface area contributed by atoms with Gasteiger partial charge in [0.25, 0.3) is 22.2 Å². The van der Waals surface area contributed by atoms with Crippen LogP contribution in [0.25, 0.3) is 44.4 Å². The molecule has 0 unspecified atom stereocenters. The average molecular weight is 1280 g/mol. The number of hydrogen-bond donors (Lipinski definition) is 7. The smallest absolute Gasteiger partial charge is 0.349 e. The maximum atomic E-state index is 11.5. The van der Waals surface area contributed by atoms with Crippen molar-refractivity contribution in [2.75, 3.05) is 17.2 Å². The molecule has 11 aromatic heterocycles. The molecular formula is C63H91N23O7. The van der Waals surface area contributed by atoms with Gasteiger partial charge >= 0.3 is 17.1 Å². The Morgan fingerprint density at radius 1 is 0.409 bits per heavy atom. The molecule has 30 nitrogen and oxygen atoms in total. The van der Waals surface area contributed by atoms with E-state index in [1.807, 2.05) is 108 Å². The summed E-state index contributed by atoms with van der Waals surface area (Å²) >= 11 is 0. The van der Waals surface area contributed by atoms with Crippen molar-refractivity contribution in [2.45, 2.75) is 192 Å². The molecule has 0 saturated carbocycles. The number of aromatic amines is 4. The fourth-order valence-corrected chi connectivity index (χ4v) is 8.78. The van der Waals surface area contributed by atoms with E-state index in [2.05, 4.69) is 125 Å². The third kappa shape index (κ3) is 18.8. The number of nitrogens with two attached hydrogens (primary N) is 3. The summed E-state index contributed by atoms with van der Waals surface area (Å²) < 4.78 is 12.5. The summed E-state index contributed by atoms with van der Waals surface area (Å²) in [5.74, 6) is 2.50. The first-order valence-corrected chi connectivity index (χ1v) is 29.9. The Balaban J connectivity index is 0.000000197. The molecule has 10 N–H and O–H groups in total. The Bertz CT molecular complexity index is 4630. The highest BCUT2D eigenvalue weighted by Crippen LogP contribution is 2.25. The van der Waals surface area contributed by atoms with E-state index in [0.29, 0.717) is 57.0 Å². The van der Waals surface area contributed by atoms with Crippen molar-refractivity contribution in [1.29, 1.82) is 0 Å². The molecule has 0 aromatic carbocycles. The molecule has 500 valence electrons. The Morgan fingerprint density at radius 3 is 1.43 bits per heavy atom. The van der Waals surface area contributed by atoms with Gasteiger partial charge in [0.2, 0.25) is 0 Å². The fourth-order valence-electron chi connectivity index (χ4n) is 8.78. The number of aryl methyl sites for hydroxylation is 3. The lowest BCUT2D eigenvalue weighted by molar-refractivity contribution is 0.375. The highest BCUT2D eigenvalue weighted by Gasteiger charge is 2.21. The number of anilines is 3. The first kappa shape index (κ1) is 73.3. The van der Waals surface area contributed by atoms with Crippen LogP contribution in [0.3, 0.4) is 0 Å². The van der Waals surface area contributed by atoms with Crippen LogP contribution in [0.1, 0.15) is 161 Å². The van der Waals surface area contributed by atoms with E-state index >= 15 is 0 Å². The number of imidazole rings is 2. The molecule has 93 heavy (non-hydrogen) atoms. The van der Waals surface area contributed by atoms with Gasteiger partial charge in [-0.25, -0.2) is 54.3 Å². The zero-order valence-corrected chi connectivity index (χ0v) is 57.4. The topological polar surface area (TPSA) is 411 Å². The molecule has 0 aliphatic heterocycles. The van der Waals surface area contributed by atoms with Gasteiger partial charge < -0.3 is 45.4 Å². The first-order chi connectivity index (χ1) is 42.8. The Morgan fingerprint density at radius 2 is 0.892 bits per heavy atom. The van der Waals surface area contributed by atoms with E-state index in [4.69, 9.17) is 17.2 Å². The van der Waals surface area contributed by atoms with E-state index in [1.54, 1.807) is 62.5 Å². The molecule has 0 spiro atoms. The van der Waals surface area contributed by atoms with Gasteiger partial charge in [-0.05, 0) is 171 Å². The summed E-state index contributed by atoms with van der Waals surface area (Å²) in [6.07, 6.45) is 15.0. The van der Waals surface area contributed by atoms with E-state index in [-0.39, 0.29) is 78.9 Å². The van der Waals surface area contributed by atoms with Crippen LogP contribution < -0.4 is 56.5 Å². The monoisotopic (exact) mass is 1280 g/mol. The number of nitrogen functional groups attached to an aromatic ring is 3. The Labute approximate surface area is 536 Å². The maximum Gasteiger partial charge on any atom is 0.349 e. The summed E-state index contributed by atoms with van der Waals surface area (Å²) in [6, 6.07) is 7.30. The minimum absolute atomic E-state index is 0.0164. The summed E-state index contributed by atoms with van der Waals surface area (Å²) in [5.41, 5.74) is 18.7. The van der Waals surface area contributed by atoms with E-state index in [0.717, 1.165) is 22.3 Å². The zero-order valence-electron chi connectivity index (χ0n) is 57.4. The maximum absolute atomic E-state index is 11.5. The first-order valence-electron chi connectivity index (χ1n) is 29.9. The molecular weight excluding hydrogens is 1190 g/mol. The summed E-state index contributed by atoms with van der Waals surface area (Å²) in [5, 5.41) is 1.58. The predicted molar refractivity (Wildman–Crippen MR) is 366 cm³/mol. The molecule has 0 bridgehead atoms. The van der Waals surface area contributed by atoms with Gasteiger partial charge in [-0.3, -0.25) is 42.8 Å². The van der Waals surface area contributed by atoms with Gasteiger partial charge in [-0.2, -0.15) is 4.98 Å². The largest absolute Gasteiger partial charge is 0.383 e. The average Bonchev–Trinajstić information content (AvgIpc) is 1.70. The third-order valence-electron chi connectivity index (χ3n) is 13.6. The second-order valence-electron chi connectivity index (χ2n) is 27.3. The lowest BCUT2D eigenvalue weighted by atomic mass is 10.1. The van der Waals surface area contributed by atoms with E-state index in [1.165, 1.54) is 34.1 Å². The number of hydrogen-bond acceptors (Lipinski definition) is 19. The van der Waals surface area contributed by atoms with Crippen LogP contribution >= 0.6 is 0 Å². The van der Waals surface area contributed by atoms with Crippen molar-refractivity contribution < 1.29 is 0 Å². The number of fused-ring (bicyclic) bond motifs is 4. The van der Waals surface area contributed by atoms with E-state index in [9.17, 15) is 33.6 Å². The van der Waals surface area contributed by atoms with Gasteiger partial charge in [0, 0.05) is 82.4 Å². The minimum atomic E-state index is -0.366. The van der Waals surface area contributed by atoms with Gasteiger partial charge in [-0.15, -0.1) is 0 Å². The van der Waals surface area contributed by atoms with Crippen LogP contribution in [-0.4, -0.2) is 96.8 Å². The summed E-state index contributed by atoms with van der Waals surface area (Å²) in [6.45, 7) is 43.3. The van der Waals surface area contributed by atoms with Crippen molar-refractivity contribution in [1.82, 2.24) is 96.8 Å². The molecule has 0 radical (unpaired) electrons. The Kier molecular flexibility index (Phi) is 22.7. The molecule has 0 atom stereocenters. The van der Waals surface area contributed by atoms with Gasteiger partial charge in [0.05, 0.1) is 23.4 Å². The number of rotatable bonds is 2. The molecule has 0 amide bonds. The van der Waals surface area contributed by atoms with Crippen LogP contribution in [-0.2, 0) is 27.7 Å². The van der Waals surface area contributed by atoms with Crippen LogP contribution in [0, 0.1) is 20.8 Å². The third-order valence-corrected chi connectivity index (χ3v) is 13.6. The number of nitrogens with zero attached hydrogens (tertiary/aromatic N) is 16. The summed E-state index contributed by atoms with van der Waals surface area (Å²) in [4.78, 5) is 125.